The summed E-state index contributed by atoms with van der Waals surface area (Å²) in [6.45, 7) is 5.67. The minimum atomic E-state index is -0.957. The van der Waals surface area contributed by atoms with Crippen LogP contribution in [0.5, 0.6) is 11.5 Å². The molecule has 1 saturated heterocycles. The zero-order chi connectivity index (χ0) is 23.9. The molecule has 5 heteroatoms. The Morgan fingerprint density at radius 2 is 1.56 bits per heavy atom. The van der Waals surface area contributed by atoms with E-state index in [1.54, 1.807) is 37.3 Å². The van der Waals surface area contributed by atoms with Crippen molar-refractivity contribution in [2.75, 3.05) is 19.8 Å². The molecule has 1 aliphatic heterocycles. The van der Waals surface area contributed by atoms with E-state index in [0.29, 0.717) is 23.8 Å². The van der Waals surface area contributed by atoms with Crippen LogP contribution in [0.2, 0.25) is 0 Å². The molecule has 3 nitrogen and oxygen atoms in total. The Kier molecular flexibility index (Phi) is 8.82. The number of hydrogen-bond donors (Lipinski definition) is 0. The van der Waals surface area contributed by atoms with E-state index in [2.05, 4.69) is 6.92 Å². The molecule has 0 amide bonds. The van der Waals surface area contributed by atoms with Gasteiger partial charge in [-0.3, -0.25) is 0 Å². The minimum Gasteiger partial charge on any atom is -0.491 e. The van der Waals surface area contributed by atoms with Gasteiger partial charge in [0.25, 0.3) is 0 Å². The second-order valence-corrected chi connectivity index (χ2v) is 9.87. The highest BCUT2D eigenvalue weighted by Crippen LogP contribution is 2.39. The molecule has 1 aliphatic carbocycles. The van der Waals surface area contributed by atoms with Gasteiger partial charge in [-0.15, -0.1) is 0 Å². The molecule has 0 bridgehead atoms. The maximum atomic E-state index is 14.5. The molecular formula is C29H38F2O3. The third-order valence-electron chi connectivity index (χ3n) is 7.61. The maximum Gasteiger partial charge on any atom is 0.201 e. The Balaban J connectivity index is 1.24. The average molecular weight is 473 g/mol. The molecule has 2 atom stereocenters. The zero-order valence-electron chi connectivity index (χ0n) is 20.5. The standard InChI is InChI=1S/C29H38F2O3/c1-3-5-20-6-8-21(9-7-20)23-12-15-25(33-18-23)19-34-24-13-10-22(11-14-24)26-16-17-27(32-4-2)29(31)28(26)30/h10-11,13-14,16-17,20-21,23,25H,3-9,12,15,18-19H2,1-2H3. The van der Waals surface area contributed by atoms with Crippen molar-refractivity contribution in [3.05, 3.63) is 48.0 Å². The van der Waals surface area contributed by atoms with Crippen LogP contribution in [0.25, 0.3) is 11.1 Å². The molecule has 34 heavy (non-hydrogen) atoms. The molecule has 1 heterocycles. The lowest BCUT2D eigenvalue weighted by molar-refractivity contribution is -0.0560. The molecule has 0 N–H and O–H groups in total. The third kappa shape index (κ3) is 6.10. The fraction of sp³-hybridized carbons (Fsp3) is 0.586. The summed E-state index contributed by atoms with van der Waals surface area (Å²) in [5, 5.41) is 0. The minimum absolute atomic E-state index is 0.0670. The van der Waals surface area contributed by atoms with Gasteiger partial charge in [-0.1, -0.05) is 44.7 Å². The molecule has 2 aromatic rings. The lowest BCUT2D eigenvalue weighted by Crippen LogP contribution is -2.35. The number of halogens is 2. The molecule has 1 saturated carbocycles. The fourth-order valence-corrected chi connectivity index (χ4v) is 5.63. The summed E-state index contributed by atoms with van der Waals surface area (Å²) in [5.74, 6) is 1.25. The van der Waals surface area contributed by atoms with Crippen molar-refractivity contribution in [2.24, 2.45) is 17.8 Å². The summed E-state index contributed by atoms with van der Waals surface area (Å²) >= 11 is 0. The van der Waals surface area contributed by atoms with Crippen LogP contribution in [0.15, 0.2) is 36.4 Å². The maximum absolute atomic E-state index is 14.5. The smallest absolute Gasteiger partial charge is 0.201 e. The second-order valence-electron chi connectivity index (χ2n) is 9.87. The van der Waals surface area contributed by atoms with Crippen LogP contribution in [0.3, 0.4) is 0 Å². The summed E-state index contributed by atoms with van der Waals surface area (Å²) in [6.07, 6.45) is 10.6. The van der Waals surface area contributed by atoms with Crippen molar-refractivity contribution in [3.8, 4) is 22.6 Å². The van der Waals surface area contributed by atoms with E-state index in [1.165, 1.54) is 51.0 Å². The molecule has 4 rings (SSSR count). The first-order chi connectivity index (χ1) is 16.6. The summed E-state index contributed by atoms with van der Waals surface area (Å²) in [6, 6.07) is 10.1. The summed E-state index contributed by atoms with van der Waals surface area (Å²) in [4.78, 5) is 0. The molecule has 186 valence electrons. The van der Waals surface area contributed by atoms with Crippen molar-refractivity contribution in [1.29, 1.82) is 0 Å². The van der Waals surface area contributed by atoms with Gasteiger partial charge in [0.2, 0.25) is 5.82 Å². The number of ether oxygens (including phenoxy) is 3. The summed E-state index contributed by atoms with van der Waals surface area (Å²) in [7, 11) is 0. The van der Waals surface area contributed by atoms with Gasteiger partial charge in [0.15, 0.2) is 11.6 Å². The lowest BCUT2D eigenvalue weighted by atomic mass is 9.73. The Morgan fingerprint density at radius 1 is 0.824 bits per heavy atom. The molecule has 2 unspecified atom stereocenters. The highest BCUT2D eigenvalue weighted by Gasteiger charge is 2.31. The third-order valence-corrected chi connectivity index (χ3v) is 7.61. The SMILES string of the molecule is CCCC1CCC(C2CCC(COc3ccc(-c4ccc(OCC)c(F)c4F)cc3)OC2)CC1. The highest BCUT2D eigenvalue weighted by atomic mass is 19.2. The first-order valence-electron chi connectivity index (χ1n) is 13.0. The van der Waals surface area contributed by atoms with E-state index in [1.807, 2.05) is 0 Å². The molecule has 2 fully saturated rings. The van der Waals surface area contributed by atoms with E-state index in [0.717, 1.165) is 24.9 Å². The van der Waals surface area contributed by atoms with Crippen LogP contribution in [0.1, 0.15) is 65.2 Å². The first-order valence-corrected chi connectivity index (χ1v) is 13.0. The van der Waals surface area contributed by atoms with Crippen LogP contribution < -0.4 is 9.47 Å². The van der Waals surface area contributed by atoms with E-state index in [-0.39, 0.29) is 24.0 Å². The van der Waals surface area contributed by atoms with Crippen LogP contribution in [-0.4, -0.2) is 25.9 Å². The zero-order valence-corrected chi connectivity index (χ0v) is 20.5. The number of hydrogen-bond acceptors (Lipinski definition) is 3. The van der Waals surface area contributed by atoms with E-state index < -0.39 is 11.6 Å². The van der Waals surface area contributed by atoms with E-state index >= 15 is 0 Å². The topological polar surface area (TPSA) is 27.7 Å². The second kappa shape index (κ2) is 12.0. The molecule has 2 aromatic carbocycles. The van der Waals surface area contributed by atoms with Crippen LogP contribution in [0.4, 0.5) is 8.78 Å². The molecule has 0 radical (unpaired) electrons. The molecular weight excluding hydrogens is 434 g/mol. The quantitative estimate of drug-likeness (QED) is 0.372. The van der Waals surface area contributed by atoms with Gasteiger partial charge in [-0.05, 0) is 80.2 Å². The van der Waals surface area contributed by atoms with Crippen molar-refractivity contribution < 1.29 is 23.0 Å². The van der Waals surface area contributed by atoms with Gasteiger partial charge in [0.1, 0.15) is 12.4 Å². The Bertz CT molecular complexity index is 898. The Hall–Kier alpha value is -2.14. The summed E-state index contributed by atoms with van der Waals surface area (Å²) < 4.78 is 45.9. The van der Waals surface area contributed by atoms with Crippen LogP contribution >= 0.6 is 0 Å². The van der Waals surface area contributed by atoms with E-state index in [9.17, 15) is 8.78 Å². The van der Waals surface area contributed by atoms with Crippen LogP contribution in [0, 0.1) is 29.4 Å². The Labute approximate surface area is 202 Å². The van der Waals surface area contributed by atoms with Crippen LogP contribution in [-0.2, 0) is 4.74 Å². The predicted octanol–water partition coefficient (Wildman–Crippen LogP) is 7.81. The number of rotatable bonds is 9. The van der Waals surface area contributed by atoms with E-state index in [4.69, 9.17) is 14.2 Å². The van der Waals surface area contributed by atoms with Crippen molar-refractivity contribution >= 4 is 0 Å². The van der Waals surface area contributed by atoms with Gasteiger partial charge >= 0.3 is 0 Å². The lowest BCUT2D eigenvalue weighted by Gasteiger charge is -2.37. The van der Waals surface area contributed by atoms with Crippen molar-refractivity contribution in [3.63, 3.8) is 0 Å². The van der Waals surface area contributed by atoms with Gasteiger partial charge in [0.05, 0.1) is 19.3 Å². The monoisotopic (exact) mass is 472 g/mol. The van der Waals surface area contributed by atoms with Crippen molar-refractivity contribution in [1.82, 2.24) is 0 Å². The van der Waals surface area contributed by atoms with Gasteiger partial charge in [0, 0.05) is 5.56 Å². The largest absolute Gasteiger partial charge is 0.491 e. The predicted molar refractivity (Wildman–Crippen MR) is 131 cm³/mol. The molecule has 2 aliphatic rings. The van der Waals surface area contributed by atoms with Gasteiger partial charge in [-0.2, -0.15) is 4.39 Å². The fourth-order valence-electron chi connectivity index (χ4n) is 5.63. The van der Waals surface area contributed by atoms with Gasteiger partial charge < -0.3 is 14.2 Å². The Morgan fingerprint density at radius 3 is 2.21 bits per heavy atom. The summed E-state index contributed by atoms with van der Waals surface area (Å²) in [5.41, 5.74) is 0.801. The van der Waals surface area contributed by atoms with Gasteiger partial charge in [-0.25, -0.2) is 4.39 Å². The van der Waals surface area contributed by atoms with Crippen molar-refractivity contribution in [2.45, 2.75) is 71.3 Å². The number of benzene rings is 2. The molecule has 0 spiro atoms. The normalized spacial score (nSPS) is 25.2. The molecule has 0 aromatic heterocycles. The average Bonchev–Trinajstić information content (AvgIpc) is 2.87. The first kappa shape index (κ1) is 25.0. The highest BCUT2D eigenvalue weighted by molar-refractivity contribution is 5.66.